The zero-order chi connectivity index (χ0) is 13.9. The summed E-state index contributed by atoms with van der Waals surface area (Å²) < 4.78 is 2.27. The van der Waals surface area contributed by atoms with Crippen molar-refractivity contribution in [2.75, 3.05) is 19.6 Å². The van der Waals surface area contributed by atoms with Crippen LogP contribution in [0.1, 0.15) is 44.5 Å². The van der Waals surface area contributed by atoms with Crippen molar-refractivity contribution >= 4 is 5.91 Å². The quantitative estimate of drug-likeness (QED) is 0.907. The number of rotatable bonds is 3. The maximum Gasteiger partial charge on any atom is 0.239 e. The van der Waals surface area contributed by atoms with Crippen molar-refractivity contribution in [3.63, 3.8) is 0 Å². The molecule has 0 aliphatic carbocycles. The lowest BCUT2D eigenvalue weighted by Gasteiger charge is -2.35. The second-order valence-electron chi connectivity index (χ2n) is 5.83. The molecule has 0 bridgehead atoms. The number of aryl methyl sites for hydroxylation is 1. The van der Waals surface area contributed by atoms with Crippen LogP contribution < -0.4 is 5.32 Å². The first-order valence-electron chi connectivity index (χ1n) is 7.83. The summed E-state index contributed by atoms with van der Waals surface area (Å²) in [4.78, 5) is 19.0. The third-order valence-corrected chi connectivity index (χ3v) is 4.53. The second-order valence-corrected chi connectivity index (χ2v) is 5.83. The fraction of sp³-hybridized carbons (Fsp3) is 0.733. The third-order valence-electron chi connectivity index (χ3n) is 4.53. The molecule has 2 aliphatic rings. The van der Waals surface area contributed by atoms with Crippen molar-refractivity contribution in [2.45, 2.75) is 51.1 Å². The van der Waals surface area contributed by atoms with Gasteiger partial charge in [-0.2, -0.15) is 0 Å². The fourth-order valence-corrected chi connectivity index (χ4v) is 3.45. The number of nitrogens with one attached hydrogen (secondary N) is 1. The van der Waals surface area contributed by atoms with Crippen molar-refractivity contribution in [1.82, 2.24) is 19.8 Å². The summed E-state index contributed by atoms with van der Waals surface area (Å²) in [5, 5.41) is 3.32. The standard InChI is InChI=1S/C15H24N4O/c1-2-14-17-8-10-19(14)12-5-4-9-18(11-12)15(20)13-6-3-7-16-13/h8,10,12-13,16H,2-7,9,11H2,1H3. The van der Waals surface area contributed by atoms with Gasteiger partial charge in [-0.3, -0.25) is 4.79 Å². The summed E-state index contributed by atoms with van der Waals surface area (Å²) in [5.41, 5.74) is 0. The Hall–Kier alpha value is -1.36. The molecule has 20 heavy (non-hydrogen) atoms. The highest BCUT2D eigenvalue weighted by molar-refractivity contribution is 5.82. The Morgan fingerprint density at radius 2 is 2.35 bits per heavy atom. The normalized spacial score (nSPS) is 26.9. The van der Waals surface area contributed by atoms with Crippen LogP contribution in [-0.2, 0) is 11.2 Å². The lowest BCUT2D eigenvalue weighted by atomic mass is 10.0. The van der Waals surface area contributed by atoms with Gasteiger partial charge in [0.25, 0.3) is 0 Å². The van der Waals surface area contributed by atoms with Gasteiger partial charge < -0.3 is 14.8 Å². The Bertz CT molecular complexity index is 464. The molecule has 5 heteroatoms. The van der Waals surface area contributed by atoms with Crippen molar-refractivity contribution in [1.29, 1.82) is 0 Å². The van der Waals surface area contributed by atoms with Gasteiger partial charge in [0.2, 0.25) is 5.91 Å². The molecule has 2 unspecified atom stereocenters. The van der Waals surface area contributed by atoms with Gasteiger partial charge in [-0.1, -0.05) is 6.92 Å². The molecular formula is C15H24N4O. The highest BCUT2D eigenvalue weighted by Crippen LogP contribution is 2.24. The molecule has 3 rings (SSSR count). The van der Waals surface area contributed by atoms with E-state index in [0.717, 1.165) is 57.6 Å². The Morgan fingerprint density at radius 3 is 3.10 bits per heavy atom. The SMILES string of the molecule is CCc1nccn1C1CCCN(C(=O)C2CCCN2)C1. The van der Waals surface area contributed by atoms with Crippen LogP contribution in [0.3, 0.4) is 0 Å². The maximum atomic E-state index is 12.5. The molecule has 0 saturated carbocycles. The van der Waals surface area contributed by atoms with Crippen LogP contribution in [0.5, 0.6) is 0 Å². The first-order valence-corrected chi connectivity index (χ1v) is 7.83. The van der Waals surface area contributed by atoms with E-state index >= 15 is 0 Å². The molecule has 110 valence electrons. The van der Waals surface area contributed by atoms with Crippen LogP contribution in [0, 0.1) is 0 Å². The van der Waals surface area contributed by atoms with Crippen molar-refractivity contribution < 1.29 is 4.79 Å². The number of hydrogen-bond acceptors (Lipinski definition) is 3. The largest absolute Gasteiger partial charge is 0.339 e. The van der Waals surface area contributed by atoms with Crippen LogP contribution in [0.25, 0.3) is 0 Å². The number of hydrogen-bond donors (Lipinski definition) is 1. The molecular weight excluding hydrogens is 252 g/mol. The number of piperidine rings is 1. The second kappa shape index (κ2) is 5.95. The van der Waals surface area contributed by atoms with E-state index < -0.39 is 0 Å². The molecule has 2 atom stereocenters. The van der Waals surface area contributed by atoms with Crippen LogP contribution in [0.15, 0.2) is 12.4 Å². The maximum absolute atomic E-state index is 12.5. The van der Waals surface area contributed by atoms with E-state index in [0.29, 0.717) is 11.9 Å². The number of imidazole rings is 1. The van der Waals surface area contributed by atoms with Crippen molar-refractivity contribution in [3.05, 3.63) is 18.2 Å². The van der Waals surface area contributed by atoms with E-state index in [1.54, 1.807) is 0 Å². The molecule has 0 aromatic carbocycles. The minimum atomic E-state index is 0.0576. The first-order chi connectivity index (χ1) is 9.79. The molecule has 1 amide bonds. The predicted octanol–water partition coefficient (Wildman–Crippen LogP) is 1.36. The highest BCUT2D eigenvalue weighted by Gasteiger charge is 2.31. The topological polar surface area (TPSA) is 50.2 Å². The summed E-state index contributed by atoms with van der Waals surface area (Å²) in [7, 11) is 0. The highest BCUT2D eigenvalue weighted by atomic mass is 16.2. The number of carbonyl (C=O) groups is 1. The van der Waals surface area contributed by atoms with Gasteiger partial charge in [-0.25, -0.2) is 4.98 Å². The van der Waals surface area contributed by atoms with Gasteiger partial charge >= 0.3 is 0 Å². The average molecular weight is 276 g/mol. The summed E-state index contributed by atoms with van der Waals surface area (Å²) >= 11 is 0. The van der Waals surface area contributed by atoms with Gasteiger partial charge in [0.15, 0.2) is 0 Å². The van der Waals surface area contributed by atoms with Gasteiger partial charge in [-0.15, -0.1) is 0 Å². The van der Waals surface area contributed by atoms with Gasteiger partial charge in [0, 0.05) is 31.9 Å². The molecule has 2 aliphatic heterocycles. The zero-order valence-corrected chi connectivity index (χ0v) is 12.2. The molecule has 1 N–H and O–H groups in total. The van der Waals surface area contributed by atoms with E-state index in [-0.39, 0.29) is 6.04 Å². The Labute approximate surface area is 120 Å². The van der Waals surface area contributed by atoms with Crippen molar-refractivity contribution in [2.24, 2.45) is 0 Å². The molecule has 2 saturated heterocycles. The lowest BCUT2D eigenvalue weighted by molar-refractivity contribution is -0.134. The third kappa shape index (κ3) is 2.59. The molecule has 0 radical (unpaired) electrons. The summed E-state index contributed by atoms with van der Waals surface area (Å²) in [5.74, 6) is 1.42. The Morgan fingerprint density at radius 1 is 1.45 bits per heavy atom. The van der Waals surface area contributed by atoms with Crippen LogP contribution in [0.2, 0.25) is 0 Å². The number of likely N-dealkylation sites (tertiary alicyclic amines) is 1. The van der Waals surface area contributed by atoms with Gasteiger partial charge in [0.05, 0.1) is 12.1 Å². The first kappa shape index (κ1) is 13.6. The minimum absolute atomic E-state index is 0.0576. The number of aromatic nitrogens is 2. The Kier molecular flexibility index (Phi) is 4.05. The minimum Gasteiger partial charge on any atom is -0.339 e. The van der Waals surface area contributed by atoms with E-state index in [1.807, 2.05) is 6.20 Å². The smallest absolute Gasteiger partial charge is 0.239 e. The monoisotopic (exact) mass is 276 g/mol. The number of amides is 1. The van der Waals surface area contributed by atoms with Crippen LogP contribution in [-0.4, -0.2) is 46.0 Å². The van der Waals surface area contributed by atoms with Crippen LogP contribution in [0.4, 0.5) is 0 Å². The molecule has 1 aromatic heterocycles. The van der Waals surface area contributed by atoms with Gasteiger partial charge in [0.1, 0.15) is 5.82 Å². The predicted molar refractivity (Wildman–Crippen MR) is 77.5 cm³/mol. The van der Waals surface area contributed by atoms with E-state index in [9.17, 15) is 4.79 Å². The zero-order valence-electron chi connectivity index (χ0n) is 12.2. The van der Waals surface area contributed by atoms with E-state index in [1.165, 1.54) is 0 Å². The summed E-state index contributed by atoms with van der Waals surface area (Å²) in [6.45, 7) is 4.85. The molecule has 3 heterocycles. The number of carbonyl (C=O) groups excluding carboxylic acids is 1. The van der Waals surface area contributed by atoms with Crippen LogP contribution >= 0.6 is 0 Å². The van der Waals surface area contributed by atoms with E-state index in [2.05, 4.69) is 32.9 Å². The summed E-state index contributed by atoms with van der Waals surface area (Å²) in [6.07, 6.45) is 9.22. The fourth-order valence-electron chi connectivity index (χ4n) is 3.45. The summed E-state index contributed by atoms with van der Waals surface area (Å²) in [6, 6.07) is 0.453. The molecule has 1 aromatic rings. The molecule has 2 fully saturated rings. The number of nitrogens with zero attached hydrogens (tertiary/aromatic N) is 3. The Balaban J connectivity index is 1.68. The average Bonchev–Trinajstić information content (AvgIpc) is 3.17. The van der Waals surface area contributed by atoms with Crippen molar-refractivity contribution in [3.8, 4) is 0 Å². The molecule has 0 spiro atoms. The van der Waals surface area contributed by atoms with E-state index in [4.69, 9.17) is 0 Å². The van der Waals surface area contributed by atoms with Gasteiger partial charge in [-0.05, 0) is 32.2 Å². The lowest BCUT2D eigenvalue weighted by Crippen LogP contribution is -2.48. The molecule has 5 nitrogen and oxygen atoms in total.